The molecule has 204 valence electrons. The molecule has 1 amide bonds. The lowest BCUT2D eigenvalue weighted by Gasteiger charge is -2.16. The number of hydrogen-bond donors (Lipinski definition) is 1. The minimum atomic E-state index is -4.64. The largest absolute Gasteiger partial charge is 0.416 e. The first-order valence-corrected chi connectivity index (χ1v) is 13.7. The number of pyridine rings is 2. The van der Waals surface area contributed by atoms with E-state index in [1.165, 1.54) is 55.6 Å². The van der Waals surface area contributed by atoms with Crippen LogP contribution in [-0.4, -0.2) is 30.1 Å². The summed E-state index contributed by atoms with van der Waals surface area (Å²) in [5.41, 5.74) is -0.554. The number of rotatable bonds is 5. The van der Waals surface area contributed by atoms with Crippen LogP contribution in [0.25, 0.3) is 5.69 Å². The van der Waals surface area contributed by atoms with Gasteiger partial charge in [0.25, 0.3) is 11.5 Å². The summed E-state index contributed by atoms with van der Waals surface area (Å²) in [5, 5.41) is 2.61. The van der Waals surface area contributed by atoms with Crippen LogP contribution < -0.4 is 10.9 Å². The van der Waals surface area contributed by atoms with Crippen LogP contribution in [0.1, 0.15) is 38.3 Å². The average molecular weight is 566 g/mol. The third-order valence-electron chi connectivity index (χ3n) is 5.93. The van der Waals surface area contributed by atoms with Crippen molar-refractivity contribution < 1.29 is 26.4 Å². The summed E-state index contributed by atoms with van der Waals surface area (Å²) in [7, 11) is -3.40. The number of amides is 1. The number of alkyl halides is 3. The molecule has 0 fully saturated rings. The molecule has 4 aromatic rings. The molecule has 11 heteroatoms. The van der Waals surface area contributed by atoms with Crippen molar-refractivity contribution in [2.24, 2.45) is 0 Å². The van der Waals surface area contributed by atoms with Crippen LogP contribution in [-0.2, 0) is 22.6 Å². The van der Waals surface area contributed by atoms with Crippen LogP contribution in [0.3, 0.4) is 0 Å². The number of sulfone groups is 1. The van der Waals surface area contributed by atoms with E-state index in [9.17, 15) is 31.2 Å². The molecule has 0 aliphatic heterocycles. The van der Waals surface area contributed by atoms with E-state index in [0.717, 1.165) is 23.0 Å². The zero-order chi connectivity index (χ0) is 29.1. The highest BCUT2D eigenvalue weighted by atomic mass is 32.2. The van der Waals surface area contributed by atoms with Gasteiger partial charge < -0.3 is 5.32 Å². The Kier molecular flexibility index (Phi) is 7.93. The van der Waals surface area contributed by atoms with Gasteiger partial charge in [0.2, 0.25) is 0 Å². The molecule has 1 N–H and O–H groups in total. The monoisotopic (exact) mass is 565 g/mol. The number of hydrogen-bond acceptors (Lipinski definition) is 5. The van der Waals surface area contributed by atoms with Crippen molar-refractivity contribution >= 4 is 15.7 Å². The maximum atomic E-state index is 13.5. The summed E-state index contributed by atoms with van der Waals surface area (Å²) < 4.78 is 64.6. The molecule has 40 heavy (non-hydrogen) atoms. The van der Waals surface area contributed by atoms with Gasteiger partial charge in [-0.15, -0.1) is 0 Å². The van der Waals surface area contributed by atoms with Crippen molar-refractivity contribution in [3.8, 4) is 17.5 Å². The summed E-state index contributed by atoms with van der Waals surface area (Å²) >= 11 is 0. The molecule has 4 rings (SSSR count). The molecular weight excluding hydrogens is 543 g/mol. The van der Waals surface area contributed by atoms with Crippen molar-refractivity contribution in [3.63, 3.8) is 0 Å². The Balaban J connectivity index is 1.77. The molecule has 2 aromatic heterocycles. The minimum Gasteiger partial charge on any atom is -0.348 e. The van der Waals surface area contributed by atoms with Crippen LogP contribution in [0, 0.1) is 18.8 Å². The Hall–Kier alpha value is -4.69. The van der Waals surface area contributed by atoms with Gasteiger partial charge in [-0.05, 0) is 61.0 Å². The molecule has 7 nitrogen and oxygen atoms in total. The van der Waals surface area contributed by atoms with Crippen LogP contribution in [0.2, 0.25) is 0 Å². The summed E-state index contributed by atoms with van der Waals surface area (Å²) in [6, 6.07) is 14.8. The normalized spacial score (nSPS) is 11.4. The summed E-state index contributed by atoms with van der Waals surface area (Å²) in [5.74, 6) is 5.00. The van der Waals surface area contributed by atoms with Gasteiger partial charge in [-0.1, -0.05) is 30.0 Å². The number of carbonyl (C=O) groups excluding carboxylic acids is 1. The van der Waals surface area contributed by atoms with Crippen LogP contribution in [0.15, 0.2) is 88.8 Å². The summed E-state index contributed by atoms with van der Waals surface area (Å²) in [6.07, 6.45) is -0.473. The standard InChI is InChI=1S/C29H22F3N3O4S/c1-19-22(11-8-20-5-4-14-33-17-20)15-26(27(36)34-18-21-9-12-25(13-10-21)40(2,38)39)28(37)35(19)24-7-3-6-23(16-24)29(30,31)32/h3-7,9-10,12-17H,18H2,1-2H3,(H,34,36). The molecule has 0 aliphatic rings. The Morgan fingerprint density at radius 2 is 1.75 bits per heavy atom. The van der Waals surface area contributed by atoms with Gasteiger partial charge in [0.15, 0.2) is 9.84 Å². The van der Waals surface area contributed by atoms with Gasteiger partial charge in [-0.3, -0.25) is 19.1 Å². The zero-order valence-electron chi connectivity index (χ0n) is 21.3. The second-order valence-corrected chi connectivity index (χ2v) is 10.9. The van der Waals surface area contributed by atoms with E-state index in [2.05, 4.69) is 22.1 Å². The predicted molar refractivity (Wildman–Crippen MR) is 143 cm³/mol. The molecular formula is C29H22F3N3O4S. The number of halogens is 3. The third kappa shape index (κ3) is 6.47. The lowest BCUT2D eigenvalue weighted by Crippen LogP contribution is -2.33. The van der Waals surface area contributed by atoms with Crippen molar-refractivity contribution in [1.82, 2.24) is 14.9 Å². The highest BCUT2D eigenvalue weighted by Gasteiger charge is 2.31. The Morgan fingerprint density at radius 3 is 2.38 bits per heavy atom. The highest BCUT2D eigenvalue weighted by Crippen LogP contribution is 2.30. The molecule has 0 bridgehead atoms. The predicted octanol–water partition coefficient (Wildman–Crippen LogP) is 4.29. The second-order valence-electron chi connectivity index (χ2n) is 8.84. The molecule has 2 aromatic carbocycles. The number of carbonyl (C=O) groups is 1. The van der Waals surface area contributed by atoms with E-state index < -0.39 is 33.0 Å². The maximum absolute atomic E-state index is 13.5. The first-order chi connectivity index (χ1) is 18.8. The molecule has 0 saturated heterocycles. The van der Waals surface area contributed by atoms with E-state index in [4.69, 9.17) is 0 Å². The molecule has 0 atom stereocenters. The Labute approximate surface area is 228 Å². The van der Waals surface area contributed by atoms with Crippen molar-refractivity contribution in [2.75, 3.05) is 6.26 Å². The van der Waals surface area contributed by atoms with Gasteiger partial charge in [0, 0.05) is 47.7 Å². The van der Waals surface area contributed by atoms with Gasteiger partial charge in [-0.2, -0.15) is 13.2 Å². The lowest BCUT2D eigenvalue weighted by molar-refractivity contribution is -0.137. The first-order valence-electron chi connectivity index (χ1n) is 11.8. The van der Waals surface area contributed by atoms with E-state index in [-0.39, 0.29) is 33.9 Å². The second kappa shape index (κ2) is 11.2. The molecule has 0 unspecified atom stereocenters. The molecule has 0 radical (unpaired) electrons. The van der Waals surface area contributed by atoms with Gasteiger partial charge in [0.1, 0.15) is 5.56 Å². The van der Waals surface area contributed by atoms with Crippen LogP contribution in [0.4, 0.5) is 13.2 Å². The fourth-order valence-corrected chi connectivity index (χ4v) is 4.46. The number of nitrogens with one attached hydrogen (secondary N) is 1. The maximum Gasteiger partial charge on any atom is 0.416 e. The number of benzene rings is 2. The third-order valence-corrected chi connectivity index (χ3v) is 7.06. The quantitative estimate of drug-likeness (QED) is 0.364. The van der Waals surface area contributed by atoms with Gasteiger partial charge in [-0.25, -0.2) is 8.42 Å². The van der Waals surface area contributed by atoms with Gasteiger partial charge in [0.05, 0.1) is 10.5 Å². The van der Waals surface area contributed by atoms with Gasteiger partial charge >= 0.3 is 6.18 Å². The van der Waals surface area contributed by atoms with Crippen LogP contribution >= 0.6 is 0 Å². The lowest BCUT2D eigenvalue weighted by atomic mass is 10.1. The summed E-state index contributed by atoms with van der Waals surface area (Å²) in [6.45, 7) is 1.50. The number of aromatic nitrogens is 2. The van der Waals surface area contributed by atoms with Crippen molar-refractivity contribution in [3.05, 3.63) is 123 Å². The molecule has 0 aliphatic carbocycles. The van der Waals surface area contributed by atoms with E-state index >= 15 is 0 Å². The molecule has 0 spiro atoms. The fourth-order valence-electron chi connectivity index (χ4n) is 3.83. The van der Waals surface area contributed by atoms with E-state index in [1.54, 1.807) is 18.3 Å². The van der Waals surface area contributed by atoms with E-state index in [1.807, 2.05) is 0 Å². The van der Waals surface area contributed by atoms with Crippen molar-refractivity contribution in [1.29, 1.82) is 0 Å². The molecule has 0 saturated carbocycles. The topological polar surface area (TPSA) is 98.1 Å². The fraction of sp³-hybridized carbons (Fsp3) is 0.138. The first kappa shape index (κ1) is 28.3. The number of nitrogens with zero attached hydrogens (tertiary/aromatic N) is 2. The average Bonchev–Trinajstić information content (AvgIpc) is 2.91. The Morgan fingerprint density at radius 1 is 1.02 bits per heavy atom. The Bertz CT molecular complexity index is 1800. The smallest absolute Gasteiger partial charge is 0.348 e. The molecule has 2 heterocycles. The zero-order valence-corrected chi connectivity index (χ0v) is 22.1. The van der Waals surface area contributed by atoms with Crippen LogP contribution in [0.5, 0.6) is 0 Å². The SMILES string of the molecule is Cc1c(C#Cc2cccnc2)cc(C(=O)NCc2ccc(S(C)(=O)=O)cc2)c(=O)n1-c1cccc(C(F)(F)F)c1. The minimum absolute atomic E-state index is 0.0313. The van der Waals surface area contributed by atoms with E-state index in [0.29, 0.717) is 11.1 Å². The highest BCUT2D eigenvalue weighted by molar-refractivity contribution is 7.90. The van der Waals surface area contributed by atoms with Crippen molar-refractivity contribution in [2.45, 2.75) is 24.5 Å². The summed E-state index contributed by atoms with van der Waals surface area (Å²) in [4.78, 5) is 30.7.